The van der Waals surface area contributed by atoms with Gasteiger partial charge in [0, 0.05) is 40.7 Å². The summed E-state index contributed by atoms with van der Waals surface area (Å²) in [5.41, 5.74) is 7.28. The number of amides is 1. The summed E-state index contributed by atoms with van der Waals surface area (Å²) in [6.07, 6.45) is 6.51. The van der Waals surface area contributed by atoms with Crippen molar-refractivity contribution in [2.24, 2.45) is 0 Å². The first-order valence-electron chi connectivity index (χ1n) is 12.0. The predicted octanol–water partition coefficient (Wildman–Crippen LogP) is 7.03. The molecule has 2 aromatic heterocycles. The van der Waals surface area contributed by atoms with Crippen LogP contribution in [0.4, 0.5) is 15.0 Å². The van der Waals surface area contributed by atoms with E-state index in [9.17, 15) is 9.18 Å². The van der Waals surface area contributed by atoms with Gasteiger partial charge >= 0.3 is 6.09 Å². The summed E-state index contributed by atoms with van der Waals surface area (Å²) in [5, 5.41) is 4.71. The number of nitrogen functional groups attached to an aromatic ring is 1. The second kappa shape index (κ2) is 10.8. The Kier molecular flexibility index (Phi) is 7.85. The summed E-state index contributed by atoms with van der Waals surface area (Å²) in [4.78, 5) is 18.8. The van der Waals surface area contributed by atoms with Gasteiger partial charge < -0.3 is 15.2 Å². The average molecular weight is 550 g/mol. The van der Waals surface area contributed by atoms with Crippen LogP contribution in [0, 0.1) is 5.82 Å². The monoisotopic (exact) mass is 549 g/mol. The Morgan fingerprint density at radius 3 is 2.70 bits per heavy atom. The molecule has 1 aliphatic heterocycles. The molecule has 4 rings (SSSR count). The summed E-state index contributed by atoms with van der Waals surface area (Å²) in [5.74, 6) is -0.135. The van der Waals surface area contributed by atoms with Crippen molar-refractivity contribution >= 4 is 35.1 Å². The molecule has 198 valence electrons. The van der Waals surface area contributed by atoms with Gasteiger partial charge in [-0.3, -0.25) is 4.90 Å². The summed E-state index contributed by atoms with van der Waals surface area (Å²) in [7, 11) is 0. The minimum Gasteiger partial charge on any atom is -0.482 e. The number of benzene rings is 1. The van der Waals surface area contributed by atoms with Crippen LogP contribution >= 0.6 is 23.2 Å². The van der Waals surface area contributed by atoms with Crippen LogP contribution in [-0.4, -0.2) is 37.9 Å². The number of nitrogens with two attached hydrogens (primary N) is 1. The van der Waals surface area contributed by atoms with Crippen LogP contribution in [0.25, 0.3) is 11.1 Å². The Morgan fingerprint density at radius 2 is 1.97 bits per heavy atom. The number of nitrogens with zero attached hydrogens (tertiary/aromatic N) is 4. The number of anilines is 1. The average Bonchev–Trinajstić information content (AvgIpc) is 3.32. The molecule has 1 aromatic carbocycles. The Hall–Kier alpha value is -3.04. The van der Waals surface area contributed by atoms with Crippen molar-refractivity contribution in [2.45, 2.75) is 64.8 Å². The van der Waals surface area contributed by atoms with E-state index in [0.29, 0.717) is 23.4 Å². The Balaban J connectivity index is 1.57. The maximum absolute atomic E-state index is 14.0. The van der Waals surface area contributed by atoms with Gasteiger partial charge in [0.2, 0.25) is 0 Å². The highest BCUT2D eigenvalue weighted by atomic mass is 35.5. The van der Waals surface area contributed by atoms with E-state index in [0.717, 1.165) is 24.8 Å². The maximum atomic E-state index is 14.0. The normalized spacial score (nSPS) is 16.9. The molecule has 37 heavy (non-hydrogen) atoms. The van der Waals surface area contributed by atoms with E-state index >= 15 is 0 Å². The van der Waals surface area contributed by atoms with E-state index in [-0.39, 0.29) is 28.1 Å². The number of likely N-dealkylation sites (tertiary alicyclic amines) is 1. The summed E-state index contributed by atoms with van der Waals surface area (Å²) < 4.78 is 27.4. The summed E-state index contributed by atoms with van der Waals surface area (Å²) in [6, 6.07) is 4.36. The van der Waals surface area contributed by atoms with E-state index < -0.39 is 17.5 Å². The molecule has 1 fully saturated rings. The highest BCUT2D eigenvalue weighted by molar-refractivity contribution is 6.36. The number of hydrogen-bond acceptors (Lipinski definition) is 6. The van der Waals surface area contributed by atoms with Crippen molar-refractivity contribution in [3.63, 3.8) is 0 Å². The van der Waals surface area contributed by atoms with Gasteiger partial charge in [-0.1, -0.05) is 23.2 Å². The van der Waals surface area contributed by atoms with Crippen molar-refractivity contribution in [3.05, 3.63) is 58.2 Å². The van der Waals surface area contributed by atoms with Crippen LogP contribution in [0.3, 0.4) is 0 Å². The van der Waals surface area contributed by atoms with Crippen molar-refractivity contribution < 1.29 is 18.7 Å². The molecule has 0 spiro atoms. The van der Waals surface area contributed by atoms with Crippen LogP contribution < -0.4 is 10.5 Å². The highest BCUT2D eigenvalue weighted by Crippen LogP contribution is 2.37. The van der Waals surface area contributed by atoms with Crippen molar-refractivity contribution in [3.8, 4) is 16.9 Å². The molecular weight excluding hydrogens is 520 g/mol. The third-order valence-corrected chi connectivity index (χ3v) is 6.72. The standard InChI is InChI=1S/C26H30Cl2FN5O3/c1-15(22-18(27)8-9-19(29)23(22)28)36-20-11-16(12-31-24(20)30)17-13-32-34(14-17)21-7-5-6-10-33(21)25(35)37-26(2,3)4/h8-9,11-15,21H,5-7,10H2,1-4H3,(H2,30,31)/t15-,21?/m1/s1. The second-order valence-electron chi connectivity index (χ2n) is 9.98. The molecule has 1 amide bonds. The number of rotatable bonds is 5. The first-order chi connectivity index (χ1) is 17.4. The van der Waals surface area contributed by atoms with Gasteiger partial charge in [-0.15, -0.1) is 0 Å². The number of hydrogen-bond donors (Lipinski definition) is 1. The van der Waals surface area contributed by atoms with Crippen LogP contribution in [0.2, 0.25) is 10.0 Å². The minimum atomic E-state index is -0.692. The van der Waals surface area contributed by atoms with E-state index in [1.54, 1.807) is 35.0 Å². The maximum Gasteiger partial charge on any atom is 0.411 e. The zero-order valence-corrected chi connectivity index (χ0v) is 22.7. The number of aromatic nitrogens is 3. The molecule has 1 aliphatic rings. The smallest absolute Gasteiger partial charge is 0.411 e. The fourth-order valence-electron chi connectivity index (χ4n) is 4.24. The van der Waals surface area contributed by atoms with Crippen molar-refractivity contribution in [2.75, 3.05) is 12.3 Å². The molecule has 1 unspecified atom stereocenters. The lowest BCUT2D eigenvalue weighted by Crippen LogP contribution is -2.44. The van der Waals surface area contributed by atoms with Crippen LogP contribution in [0.5, 0.6) is 5.75 Å². The third-order valence-electron chi connectivity index (χ3n) is 6.01. The summed E-state index contributed by atoms with van der Waals surface area (Å²) in [6.45, 7) is 7.84. The van der Waals surface area contributed by atoms with Gasteiger partial charge in [-0.05, 0) is 65.2 Å². The highest BCUT2D eigenvalue weighted by Gasteiger charge is 2.32. The number of ether oxygens (including phenoxy) is 2. The number of carbonyl (C=O) groups is 1. The van der Waals surface area contributed by atoms with Crippen molar-refractivity contribution in [1.29, 1.82) is 0 Å². The lowest BCUT2D eigenvalue weighted by Gasteiger charge is -2.36. The Bertz CT molecular complexity index is 1290. The summed E-state index contributed by atoms with van der Waals surface area (Å²) >= 11 is 12.4. The van der Waals surface area contributed by atoms with Gasteiger partial charge in [-0.25, -0.2) is 18.9 Å². The molecule has 1 saturated heterocycles. The molecule has 3 aromatic rings. The fraction of sp³-hybridized carbons (Fsp3) is 0.423. The molecule has 11 heteroatoms. The number of halogens is 3. The van der Waals surface area contributed by atoms with Crippen molar-refractivity contribution in [1.82, 2.24) is 19.7 Å². The predicted molar refractivity (Wildman–Crippen MR) is 141 cm³/mol. The Labute approximate surface area is 225 Å². The SMILES string of the molecule is C[C@@H](Oc1cc(-c2cnn(C3CCCCN3C(=O)OC(C)(C)C)c2)cnc1N)c1c(Cl)ccc(F)c1Cl. The first kappa shape index (κ1) is 27.0. The quantitative estimate of drug-likeness (QED) is 0.343. The molecule has 0 radical (unpaired) electrons. The van der Waals surface area contributed by atoms with E-state index in [1.807, 2.05) is 27.0 Å². The third kappa shape index (κ3) is 6.10. The molecule has 0 saturated carbocycles. The number of carbonyl (C=O) groups excluding carboxylic acids is 1. The lowest BCUT2D eigenvalue weighted by atomic mass is 10.1. The minimum absolute atomic E-state index is 0.106. The zero-order valence-electron chi connectivity index (χ0n) is 21.2. The van der Waals surface area contributed by atoms with E-state index in [2.05, 4.69) is 10.1 Å². The zero-order chi connectivity index (χ0) is 26.9. The molecule has 0 aliphatic carbocycles. The van der Waals surface area contributed by atoms with E-state index in [4.69, 9.17) is 38.4 Å². The lowest BCUT2D eigenvalue weighted by molar-refractivity contribution is -0.00344. The van der Waals surface area contributed by atoms with Gasteiger partial charge in [0.1, 0.15) is 23.7 Å². The molecule has 8 nitrogen and oxygen atoms in total. The number of piperidine rings is 1. The number of pyridine rings is 1. The first-order valence-corrected chi connectivity index (χ1v) is 12.8. The molecule has 3 heterocycles. The largest absolute Gasteiger partial charge is 0.482 e. The second-order valence-corrected chi connectivity index (χ2v) is 10.8. The van der Waals surface area contributed by atoms with Gasteiger partial charge in [-0.2, -0.15) is 5.10 Å². The van der Waals surface area contributed by atoms with Gasteiger partial charge in [0.15, 0.2) is 11.6 Å². The van der Waals surface area contributed by atoms with E-state index in [1.165, 1.54) is 12.1 Å². The van der Waals surface area contributed by atoms with Crippen LogP contribution in [0.1, 0.15) is 64.8 Å². The molecule has 0 bridgehead atoms. The molecule has 2 atom stereocenters. The Morgan fingerprint density at radius 1 is 1.22 bits per heavy atom. The molecular formula is C26H30Cl2FN5O3. The molecule has 2 N–H and O–H groups in total. The van der Waals surface area contributed by atoms with Crippen LogP contribution in [-0.2, 0) is 4.74 Å². The fourth-order valence-corrected chi connectivity index (χ4v) is 4.92. The van der Waals surface area contributed by atoms with Crippen LogP contribution in [0.15, 0.2) is 36.8 Å². The van der Waals surface area contributed by atoms with Gasteiger partial charge in [0.05, 0.1) is 11.2 Å². The topological polar surface area (TPSA) is 95.5 Å². The van der Waals surface area contributed by atoms with Gasteiger partial charge in [0.25, 0.3) is 0 Å².